The van der Waals surface area contributed by atoms with Crippen molar-refractivity contribution in [3.8, 4) is 17.0 Å². The molecule has 0 aliphatic carbocycles. The number of methoxy groups -OCH3 is 1. The summed E-state index contributed by atoms with van der Waals surface area (Å²) in [5, 5.41) is 3.69. The van der Waals surface area contributed by atoms with Gasteiger partial charge in [-0.3, -0.25) is 9.69 Å². The van der Waals surface area contributed by atoms with Crippen LogP contribution in [0.1, 0.15) is 21.7 Å². The Labute approximate surface area is 220 Å². The Morgan fingerprint density at radius 3 is 2.47 bits per heavy atom. The van der Waals surface area contributed by atoms with E-state index in [1.807, 2.05) is 6.07 Å². The van der Waals surface area contributed by atoms with Crippen LogP contribution in [-0.4, -0.2) is 63.6 Å². The Hall–Kier alpha value is -3.70. The van der Waals surface area contributed by atoms with Gasteiger partial charge < -0.3 is 9.64 Å². The molecule has 1 amide bonds. The molecule has 4 aromatic rings. The van der Waals surface area contributed by atoms with Crippen molar-refractivity contribution in [1.82, 2.24) is 24.4 Å². The Bertz CT molecular complexity index is 1500. The van der Waals surface area contributed by atoms with Crippen molar-refractivity contribution in [3.63, 3.8) is 0 Å². The van der Waals surface area contributed by atoms with Crippen LogP contribution < -0.4 is 4.74 Å². The molecule has 198 valence electrons. The molecule has 2 aromatic carbocycles. The topological polar surface area (TPSA) is 63.0 Å². The molecule has 7 nitrogen and oxygen atoms in total. The number of carbonyl (C=O) groups is 1. The van der Waals surface area contributed by atoms with E-state index in [-0.39, 0.29) is 27.9 Å². The molecule has 1 aliphatic heterocycles. The summed E-state index contributed by atoms with van der Waals surface area (Å²) in [6.45, 7) is 2.14. The highest BCUT2D eigenvalue weighted by molar-refractivity contribution is 6.36. The summed E-state index contributed by atoms with van der Waals surface area (Å²) in [5.41, 5.74) is -0.474. The standard InChI is InChI=1S/C26H22ClF4N5O2/c1-38-19-7-3-5-17(13-19)20-14-21(26(29,30)31)36-24(32-20)22(27)23(33-36)25(37)35-10-8-34(9-11-35)15-16-4-2-6-18(28)12-16/h2-7,12-14H,8-11,15H2,1H3. The SMILES string of the molecule is COc1cccc(-c2cc(C(F)(F)F)n3nc(C(=O)N4CCN(Cc5cccc(F)c5)CC4)c(Cl)c3n2)c1. The number of nitrogens with zero attached hydrogens (tertiary/aromatic N) is 5. The van der Waals surface area contributed by atoms with Crippen LogP contribution in [0.4, 0.5) is 17.6 Å². The number of piperazine rings is 1. The van der Waals surface area contributed by atoms with E-state index in [9.17, 15) is 22.4 Å². The smallest absolute Gasteiger partial charge is 0.433 e. The maximum Gasteiger partial charge on any atom is 0.433 e. The van der Waals surface area contributed by atoms with Crippen LogP contribution in [-0.2, 0) is 12.7 Å². The molecule has 5 rings (SSSR count). The molecule has 0 bridgehead atoms. The van der Waals surface area contributed by atoms with Crippen LogP contribution >= 0.6 is 11.6 Å². The fourth-order valence-electron chi connectivity index (χ4n) is 4.41. The van der Waals surface area contributed by atoms with Crippen molar-refractivity contribution in [1.29, 1.82) is 0 Å². The minimum Gasteiger partial charge on any atom is -0.497 e. The molecule has 1 aliphatic rings. The Kier molecular flexibility index (Phi) is 6.97. The van der Waals surface area contributed by atoms with Crippen LogP contribution in [0.15, 0.2) is 54.6 Å². The summed E-state index contributed by atoms with van der Waals surface area (Å²) in [4.78, 5) is 21.1. The summed E-state index contributed by atoms with van der Waals surface area (Å²) in [6.07, 6.45) is -4.78. The van der Waals surface area contributed by atoms with E-state index in [4.69, 9.17) is 16.3 Å². The number of benzene rings is 2. The molecule has 12 heteroatoms. The van der Waals surface area contributed by atoms with Crippen LogP contribution in [0.2, 0.25) is 5.02 Å². The monoisotopic (exact) mass is 547 g/mol. The number of fused-ring (bicyclic) bond motifs is 1. The predicted molar refractivity (Wildman–Crippen MR) is 133 cm³/mol. The highest BCUT2D eigenvalue weighted by atomic mass is 35.5. The van der Waals surface area contributed by atoms with Crippen molar-refractivity contribution in [2.75, 3.05) is 33.3 Å². The lowest BCUT2D eigenvalue weighted by molar-refractivity contribution is -0.142. The first-order chi connectivity index (χ1) is 18.1. The molecule has 1 saturated heterocycles. The van der Waals surface area contributed by atoms with E-state index in [1.165, 1.54) is 24.1 Å². The molecule has 1 fully saturated rings. The van der Waals surface area contributed by atoms with Crippen molar-refractivity contribution in [2.24, 2.45) is 0 Å². The van der Waals surface area contributed by atoms with E-state index in [0.29, 0.717) is 48.6 Å². The number of aromatic nitrogens is 3. The Morgan fingerprint density at radius 1 is 1.05 bits per heavy atom. The van der Waals surface area contributed by atoms with Crippen molar-refractivity contribution in [2.45, 2.75) is 12.7 Å². The molecule has 0 spiro atoms. The van der Waals surface area contributed by atoms with Gasteiger partial charge in [-0.2, -0.15) is 18.3 Å². The number of hydrogen-bond donors (Lipinski definition) is 0. The van der Waals surface area contributed by atoms with Crippen LogP contribution in [0.25, 0.3) is 16.9 Å². The second-order valence-electron chi connectivity index (χ2n) is 8.85. The highest BCUT2D eigenvalue weighted by Gasteiger charge is 2.37. The van der Waals surface area contributed by atoms with Crippen LogP contribution in [0.5, 0.6) is 5.75 Å². The average Bonchev–Trinajstić information content (AvgIpc) is 3.23. The minimum atomic E-state index is -4.78. The largest absolute Gasteiger partial charge is 0.497 e. The first-order valence-electron chi connectivity index (χ1n) is 11.7. The molecular formula is C26H22ClF4N5O2. The van der Waals surface area contributed by atoms with Gasteiger partial charge in [0.05, 0.1) is 12.8 Å². The molecule has 0 radical (unpaired) electrons. The third-order valence-electron chi connectivity index (χ3n) is 6.35. The van der Waals surface area contributed by atoms with Gasteiger partial charge in [-0.1, -0.05) is 35.9 Å². The summed E-state index contributed by atoms with van der Waals surface area (Å²) in [7, 11) is 1.45. The summed E-state index contributed by atoms with van der Waals surface area (Å²) in [6, 6.07) is 13.6. The quantitative estimate of drug-likeness (QED) is 0.322. The molecular weight excluding hydrogens is 526 g/mol. The van der Waals surface area contributed by atoms with E-state index >= 15 is 0 Å². The van der Waals surface area contributed by atoms with Gasteiger partial charge >= 0.3 is 6.18 Å². The van der Waals surface area contributed by atoms with Crippen LogP contribution in [0.3, 0.4) is 0 Å². The second kappa shape index (κ2) is 10.2. The molecule has 2 aromatic heterocycles. The van der Waals surface area contributed by atoms with Gasteiger partial charge in [0.25, 0.3) is 5.91 Å². The van der Waals surface area contributed by atoms with Gasteiger partial charge in [0.1, 0.15) is 16.6 Å². The Balaban J connectivity index is 1.42. The van der Waals surface area contributed by atoms with Crippen molar-refractivity contribution in [3.05, 3.63) is 82.4 Å². The lowest BCUT2D eigenvalue weighted by atomic mass is 10.1. The van der Waals surface area contributed by atoms with Gasteiger partial charge in [-0.05, 0) is 35.9 Å². The summed E-state index contributed by atoms with van der Waals surface area (Å²) < 4.78 is 61.3. The normalized spacial score (nSPS) is 14.7. The van der Waals surface area contributed by atoms with E-state index in [0.717, 1.165) is 11.6 Å². The minimum absolute atomic E-state index is 0.00971. The summed E-state index contributed by atoms with van der Waals surface area (Å²) >= 11 is 6.43. The molecule has 0 atom stereocenters. The maximum atomic E-state index is 14.0. The lowest BCUT2D eigenvalue weighted by Gasteiger charge is -2.34. The van der Waals surface area contributed by atoms with E-state index < -0.39 is 17.8 Å². The van der Waals surface area contributed by atoms with Crippen LogP contribution in [0, 0.1) is 5.82 Å². The third kappa shape index (κ3) is 5.16. The summed E-state index contributed by atoms with van der Waals surface area (Å²) in [5.74, 6) is -0.453. The van der Waals surface area contributed by atoms with Crippen molar-refractivity contribution < 1.29 is 27.1 Å². The van der Waals surface area contributed by atoms with E-state index in [2.05, 4.69) is 15.0 Å². The van der Waals surface area contributed by atoms with Gasteiger partial charge in [0.2, 0.25) is 0 Å². The second-order valence-corrected chi connectivity index (χ2v) is 9.23. The number of rotatable bonds is 5. The van der Waals surface area contributed by atoms with E-state index in [1.54, 1.807) is 30.3 Å². The number of hydrogen-bond acceptors (Lipinski definition) is 5. The van der Waals surface area contributed by atoms with Gasteiger partial charge in [0.15, 0.2) is 17.0 Å². The number of halogens is 5. The number of ether oxygens (including phenoxy) is 1. The fraction of sp³-hybridized carbons (Fsp3) is 0.269. The first kappa shape index (κ1) is 25.9. The Morgan fingerprint density at radius 2 is 1.79 bits per heavy atom. The molecule has 0 N–H and O–H groups in total. The van der Waals surface area contributed by atoms with Gasteiger partial charge in [0, 0.05) is 38.3 Å². The highest BCUT2D eigenvalue weighted by Crippen LogP contribution is 2.35. The number of alkyl halides is 3. The fourth-order valence-corrected chi connectivity index (χ4v) is 4.65. The predicted octanol–water partition coefficient (Wildman–Crippen LogP) is 5.17. The number of amides is 1. The molecule has 0 unspecified atom stereocenters. The zero-order chi connectivity index (χ0) is 27.0. The zero-order valence-corrected chi connectivity index (χ0v) is 20.9. The van der Waals surface area contributed by atoms with Gasteiger partial charge in [-0.25, -0.2) is 13.9 Å². The van der Waals surface area contributed by atoms with Gasteiger partial charge in [-0.15, -0.1) is 0 Å². The average molecular weight is 548 g/mol. The molecule has 3 heterocycles. The zero-order valence-electron chi connectivity index (χ0n) is 20.2. The molecule has 0 saturated carbocycles. The molecule has 38 heavy (non-hydrogen) atoms. The number of carbonyl (C=O) groups excluding carboxylic acids is 1. The third-order valence-corrected chi connectivity index (χ3v) is 6.69. The first-order valence-corrected chi connectivity index (χ1v) is 12.1. The maximum absolute atomic E-state index is 14.0. The lowest BCUT2D eigenvalue weighted by Crippen LogP contribution is -2.48. The van der Waals surface area contributed by atoms with Crippen molar-refractivity contribution >= 4 is 23.2 Å².